The van der Waals surface area contributed by atoms with Gasteiger partial charge in [0.2, 0.25) is 0 Å². The van der Waals surface area contributed by atoms with E-state index in [-0.39, 0.29) is 0 Å². The second kappa shape index (κ2) is 3.45. The molecule has 74 valence electrons. The Balaban J connectivity index is 2.04. The van der Waals surface area contributed by atoms with Gasteiger partial charge in [-0.3, -0.25) is 0 Å². The minimum absolute atomic E-state index is 0.558. The lowest BCUT2D eigenvalue weighted by atomic mass is 9.69. The molecular weight excluding hydrogens is 158 g/mol. The molecule has 1 aliphatic heterocycles. The van der Waals surface area contributed by atoms with Crippen LogP contribution in [0.2, 0.25) is 0 Å². The molecule has 1 saturated carbocycles. The number of piperidine rings is 1. The van der Waals surface area contributed by atoms with E-state index in [0.717, 1.165) is 0 Å². The summed E-state index contributed by atoms with van der Waals surface area (Å²) < 4.78 is 0. The Bertz CT molecular complexity index is 213. The molecule has 1 heteroatoms. The normalized spacial score (nSPS) is 35.8. The Morgan fingerprint density at radius 2 is 2.15 bits per heavy atom. The van der Waals surface area contributed by atoms with Crippen LogP contribution in [0.15, 0.2) is 11.6 Å². The molecule has 0 aromatic carbocycles. The maximum atomic E-state index is 3.53. The molecule has 0 bridgehead atoms. The van der Waals surface area contributed by atoms with E-state index >= 15 is 0 Å². The third-order valence-electron chi connectivity index (χ3n) is 3.68. The number of allylic oxidation sites excluding steroid dienone is 1. The van der Waals surface area contributed by atoms with Crippen LogP contribution in [0.4, 0.5) is 0 Å². The number of rotatable bonds is 1. The van der Waals surface area contributed by atoms with Gasteiger partial charge in [-0.2, -0.15) is 0 Å². The lowest BCUT2D eigenvalue weighted by Crippen LogP contribution is -2.35. The third kappa shape index (κ3) is 1.96. The van der Waals surface area contributed by atoms with Crippen LogP contribution in [-0.4, -0.2) is 12.6 Å². The molecule has 2 rings (SSSR count). The molecule has 1 nitrogen and oxygen atoms in total. The first-order valence-corrected chi connectivity index (χ1v) is 5.65. The Kier molecular flexibility index (Phi) is 2.46. The zero-order valence-electron chi connectivity index (χ0n) is 8.90. The molecule has 1 N–H and O–H groups in total. The lowest BCUT2D eigenvalue weighted by molar-refractivity contribution is 0.230. The molecule has 1 heterocycles. The molecule has 1 unspecified atom stereocenters. The molecule has 0 aromatic rings. The maximum absolute atomic E-state index is 3.53. The molecule has 0 amide bonds. The zero-order chi connectivity index (χ0) is 9.31. The summed E-state index contributed by atoms with van der Waals surface area (Å²) in [6.45, 7) is 5.91. The first kappa shape index (κ1) is 9.26. The molecule has 13 heavy (non-hydrogen) atoms. The fourth-order valence-electron chi connectivity index (χ4n) is 2.48. The van der Waals surface area contributed by atoms with Gasteiger partial charge in [0, 0.05) is 6.04 Å². The maximum Gasteiger partial charge on any atom is 0.0251 e. The number of hydrogen-bond acceptors (Lipinski definition) is 1. The van der Waals surface area contributed by atoms with Gasteiger partial charge in [-0.25, -0.2) is 0 Å². The van der Waals surface area contributed by atoms with Crippen molar-refractivity contribution < 1.29 is 0 Å². The van der Waals surface area contributed by atoms with E-state index in [2.05, 4.69) is 25.2 Å². The highest BCUT2D eigenvalue weighted by Gasteiger charge is 2.30. The molecule has 0 radical (unpaired) electrons. The monoisotopic (exact) mass is 179 g/mol. The third-order valence-corrected chi connectivity index (χ3v) is 3.68. The van der Waals surface area contributed by atoms with E-state index in [1.165, 1.54) is 38.6 Å². The fraction of sp³-hybridized carbons (Fsp3) is 0.833. The van der Waals surface area contributed by atoms with Crippen molar-refractivity contribution in [1.29, 1.82) is 0 Å². The summed E-state index contributed by atoms with van der Waals surface area (Å²) in [5.41, 5.74) is 2.22. The summed E-state index contributed by atoms with van der Waals surface area (Å²) in [6, 6.07) is 0.631. The molecule has 1 aliphatic carbocycles. The Morgan fingerprint density at radius 3 is 2.69 bits per heavy atom. The van der Waals surface area contributed by atoms with Crippen LogP contribution < -0.4 is 5.32 Å². The van der Waals surface area contributed by atoms with Gasteiger partial charge < -0.3 is 5.32 Å². The summed E-state index contributed by atoms with van der Waals surface area (Å²) in [5.74, 6) is 0. The van der Waals surface area contributed by atoms with Crippen LogP contribution in [0.25, 0.3) is 0 Å². The standard InChI is InChI=1S/C12H21N/c1-10-11(5-3-8-13-10)9-12(2)6-4-7-12/h9-10,13H,3-8H2,1-2H3/b11-9+. The molecule has 0 aromatic heterocycles. The van der Waals surface area contributed by atoms with Gasteiger partial charge in [0.15, 0.2) is 0 Å². The SMILES string of the molecule is CC1NCCC/C1=C\C1(C)CCC1. The zero-order valence-corrected chi connectivity index (χ0v) is 8.90. The van der Waals surface area contributed by atoms with Crippen LogP contribution >= 0.6 is 0 Å². The van der Waals surface area contributed by atoms with E-state index in [4.69, 9.17) is 0 Å². The molecule has 0 spiro atoms. The Labute approximate surface area is 81.6 Å². The van der Waals surface area contributed by atoms with Crippen molar-refractivity contribution in [3.63, 3.8) is 0 Å². The van der Waals surface area contributed by atoms with Crippen LogP contribution in [0.5, 0.6) is 0 Å². The van der Waals surface area contributed by atoms with E-state index in [1.807, 2.05) is 0 Å². The van der Waals surface area contributed by atoms with Gasteiger partial charge in [0.1, 0.15) is 0 Å². The molecule has 1 saturated heterocycles. The summed E-state index contributed by atoms with van der Waals surface area (Å²) in [5, 5.41) is 3.53. The van der Waals surface area contributed by atoms with Gasteiger partial charge in [-0.15, -0.1) is 0 Å². The fourth-order valence-corrected chi connectivity index (χ4v) is 2.48. The lowest BCUT2D eigenvalue weighted by Gasteiger charge is -2.38. The van der Waals surface area contributed by atoms with Gasteiger partial charge in [-0.1, -0.05) is 25.0 Å². The minimum Gasteiger partial charge on any atom is -0.311 e. The highest BCUT2D eigenvalue weighted by atomic mass is 14.9. The van der Waals surface area contributed by atoms with Gasteiger partial charge in [-0.05, 0) is 44.6 Å². The summed E-state index contributed by atoms with van der Waals surface area (Å²) >= 11 is 0. The molecule has 2 fully saturated rings. The molecule has 2 aliphatic rings. The first-order valence-electron chi connectivity index (χ1n) is 5.65. The first-order chi connectivity index (χ1) is 6.20. The quantitative estimate of drug-likeness (QED) is 0.610. The van der Waals surface area contributed by atoms with Crippen molar-refractivity contribution in [2.24, 2.45) is 5.41 Å². The average molecular weight is 179 g/mol. The van der Waals surface area contributed by atoms with Crippen molar-refractivity contribution in [2.75, 3.05) is 6.54 Å². The van der Waals surface area contributed by atoms with Gasteiger partial charge in [0.05, 0.1) is 0 Å². The minimum atomic E-state index is 0.558. The van der Waals surface area contributed by atoms with E-state index in [0.29, 0.717) is 11.5 Å². The predicted octanol–water partition coefficient (Wildman–Crippen LogP) is 2.87. The number of hydrogen-bond donors (Lipinski definition) is 1. The largest absolute Gasteiger partial charge is 0.311 e. The smallest absolute Gasteiger partial charge is 0.0251 e. The van der Waals surface area contributed by atoms with E-state index in [9.17, 15) is 0 Å². The molecular formula is C12H21N. The van der Waals surface area contributed by atoms with Crippen LogP contribution in [-0.2, 0) is 0 Å². The average Bonchev–Trinajstić information content (AvgIpc) is 2.06. The Hall–Kier alpha value is -0.300. The molecule has 1 atom stereocenters. The highest BCUT2D eigenvalue weighted by Crippen LogP contribution is 2.43. The summed E-state index contributed by atoms with van der Waals surface area (Å²) in [4.78, 5) is 0. The predicted molar refractivity (Wildman–Crippen MR) is 56.7 cm³/mol. The van der Waals surface area contributed by atoms with Crippen molar-refractivity contribution in [3.05, 3.63) is 11.6 Å². The van der Waals surface area contributed by atoms with Crippen LogP contribution in [0, 0.1) is 5.41 Å². The van der Waals surface area contributed by atoms with Crippen molar-refractivity contribution in [1.82, 2.24) is 5.32 Å². The van der Waals surface area contributed by atoms with Gasteiger partial charge in [0.25, 0.3) is 0 Å². The van der Waals surface area contributed by atoms with E-state index in [1.54, 1.807) is 5.57 Å². The second-order valence-electron chi connectivity index (χ2n) is 5.01. The number of nitrogens with one attached hydrogen (secondary N) is 1. The summed E-state index contributed by atoms with van der Waals surface area (Å²) in [6.07, 6.45) is 9.46. The Morgan fingerprint density at radius 1 is 1.38 bits per heavy atom. The van der Waals surface area contributed by atoms with E-state index < -0.39 is 0 Å². The van der Waals surface area contributed by atoms with Gasteiger partial charge >= 0.3 is 0 Å². The second-order valence-corrected chi connectivity index (χ2v) is 5.01. The topological polar surface area (TPSA) is 12.0 Å². The van der Waals surface area contributed by atoms with Crippen molar-refractivity contribution in [2.45, 2.75) is 52.0 Å². The van der Waals surface area contributed by atoms with Crippen LogP contribution in [0.3, 0.4) is 0 Å². The van der Waals surface area contributed by atoms with Crippen LogP contribution in [0.1, 0.15) is 46.0 Å². The highest BCUT2D eigenvalue weighted by molar-refractivity contribution is 5.17. The van der Waals surface area contributed by atoms with Crippen molar-refractivity contribution >= 4 is 0 Å². The van der Waals surface area contributed by atoms with Crippen molar-refractivity contribution in [3.8, 4) is 0 Å². The summed E-state index contributed by atoms with van der Waals surface area (Å²) in [7, 11) is 0.